The van der Waals surface area contributed by atoms with Gasteiger partial charge in [0.1, 0.15) is 5.15 Å². The lowest BCUT2D eigenvalue weighted by molar-refractivity contribution is 0.581. The van der Waals surface area contributed by atoms with Gasteiger partial charge in [0.25, 0.3) is 0 Å². The van der Waals surface area contributed by atoms with Crippen molar-refractivity contribution in [2.75, 3.05) is 6.54 Å². The van der Waals surface area contributed by atoms with E-state index in [-0.39, 0.29) is 10.0 Å². The Balaban J connectivity index is 1.99. The van der Waals surface area contributed by atoms with E-state index < -0.39 is 10.0 Å². The molecule has 0 fully saturated rings. The second-order valence-electron chi connectivity index (χ2n) is 3.82. The van der Waals surface area contributed by atoms with Gasteiger partial charge < -0.3 is 0 Å². The molecule has 0 amide bonds. The summed E-state index contributed by atoms with van der Waals surface area (Å²) in [5.74, 6) is 0. The van der Waals surface area contributed by atoms with Crippen LogP contribution in [0.4, 0.5) is 0 Å². The number of rotatable bonds is 5. The zero-order valence-corrected chi connectivity index (χ0v) is 11.5. The summed E-state index contributed by atoms with van der Waals surface area (Å²) in [5, 5.41) is 0.150. The molecule has 5 nitrogen and oxygen atoms in total. The maximum Gasteiger partial charge on any atom is 0.240 e. The average Bonchev–Trinajstić information content (AvgIpc) is 2.40. The van der Waals surface area contributed by atoms with Crippen LogP contribution in [0.3, 0.4) is 0 Å². The van der Waals surface area contributed by atoms with Crippen LogP contribution in [-0.2, 0) is 16.4 Å². The van der Waals surface area contributed by atoms with Gasteiger partial charge in [-0.2, -0.15) is 0 Å². The maximum absolute atomic E-state index is 12.0. The van der Waals surface area contributed by atoms with Crippen LogP contribution in [-0.4, -0.2) is 24.9 Å². The Kier molecular flexibility index (Phi) is 4.47. The topological polar surface area (TPSA) is 72.0 Å². The Morgan fingerprint density at radius 2 is 1.89 bits per heavy atom. The number of nitrogens with zero attached hydrogens (tertiary/aromatic N) is 2. The third-order valence-corrected chi connectivity index (χ3v) is 4.13. The van der Waals surface area contributed by atoms with Crippen LogP contribution in [0.15, 0.2) is 47.8 Å². The Labute approximate surface area is 116 Å². The quantitative estimate of drug-likeness (QED) is 0.852. The van der Waals surface area contributed by atoms with Crippen LogP contribution in [0.25, 0.3) is 0 Å². The van der Waals surface area contributed by atoms with Gasteiger partial charge in [-0.15, -0.1) is 0 Å². The molecule has 0 aliphatic carbocycles. The summed E-state index contributed by atoms with van der Waals surface area (Å²) in [6.45, 7) is 0.312. The zero-order chi connectivity index (χ0) is 13.7. The molecule has 0 saturated carbocycles. The fourth-order valence-corrected chi connectivity index (χ4v) is 2.80. The summed E-state index contributed by atoms with van der Waals surface area (Å²) in [6, 6.07) is 6.41. The van der Waals surface area contributed by atoms with Crippen LogP contribution < -0.4 is 4.72 Å². The Morgan fingerprint density at radius 1 is 1.16 bits per heavy atom. The van der Waals surface area contributed by atoms with Crippen molar-refractivity contribution >= 4 is 21.6 Å². The lowest BCUT2D eigenvalue weighted by Crippen LogP contribution is -2.26. The molecule has 0 saturated heterocycles. The summed E-state index contributed by atoms with van der Waals surface area (Å²) in [4.78, 5) is 7.76. The molecule has 2 heterocycles. The SMILES string of the molecule is O=S(=O)(NCCc1ccncc1)c1ccnc(Cl)c1. The van der Waals surface area contributed by atoms with Crippen LogP contribution in [0, 0.1) is 0 Å². The van der Waals surface area contributed by atoms with Gasteiger partial charge >= 0.3 is 0 Å². The predicted molar refractivity (Wildman–Crippen MR) is 72.4 cm³/mol. The van der Waals surface area contributed by atoms with Crippen molar-refractivity contribution in [3.8, 4) is 0 Å². The first-order valence-corrected chi connectivity index (χ1v) is 7.44. The predicted octanol–water partition coefficient (Wildman–Crippen LogP) is 1.65. The molecule has 0 aliphatic heterocycles. The van der Waals surface area contributed by atoms with Crippen LogP contribution in [0.5, 0.6) is 0 Å². The molecule has 0 unspecified atom stereocenters. The van der Waals surface area contributed by atoms with Crippen molar-refractivity contribution in [1.29, 1.82) is 0 Å². The molecular weight excluding hydrogens is 286 g/mol. The molecule has 1 N–H and O–H groups in total. The van der Waals surface area contributed by atoms with Crippen LogP contribution >= 0.6 is 11.6 Å². The van der Waals surface area contributed by atoms with E-state index in [2.05, 4.69) is 14.7 Å². The van der Waals surface area contributed by atoms with E-state index in [1.165, 1.54) is 18.3 Å². The third-order valence-electron chi connectivity index (χ3n) is 2.46. The standard InChI is InChI=1S/C12H12ClN3O2S/c13-12-9-11(4-7-15-12)19(17,18)16-8-3-10-1-5-14-6-2-10/h1-2,4-7,9,16H,3,8H2. The number of hydrogen-bond donors (Lipinski definition) is 1. The second kappa shape index (κ2) is 6.10. The highest BCUT2D eigenvalue weighted by Crippen LogP contribution is 2.12. The Bertz CT molecular complexity index is 647. The second-order valence-corrected chi connectivity index (χ2v) is 5.97. The summed E-state index contributed by atoms with van der Waals surface area (Å²) in [7, 11) is -3.54. The number of halogens is 1. The Morgan fingerprint density at radius 3 is 2.58 bits per heavy atom. The molecule has 2 rings (SSSR count). The first-order valence-electron chi connectivity index (χ1n) is 5.58. The summed E-state index contributed by atoms with van der Waals surface area (Å²) in [6.07, 6.45) is 5.30. The van der Waals surface area contributed by atoms with E-state index >= 15 is 0 Å². The zero-order valence-electron chi connectivity index (χ0n) is 9.95. The summed E-state index contributed by atoms with van der Waals surface area (Å²) >= 11 is 5.67. The molecular formula is C12H12ClN3O2S. The normalized spacial score (nSPS) is 11.4. The lowest BCUT2D eigenvalue weighted by Gasteiger charge is -2.06. The minimum Gasteiger partial charge on any atom is -0.265 e. The fraction of sp³-hybridized carbons (Fsp3) is 0.167. The molecule has 0 spiro atoms. The fourth-order valence-electron chi connectivity index (χ4n) is 1.51. The van der Waals surface area contributed by atoms with Gasteiger partial charge in [-0.3, -0.25) is 4.98 Å². The third kappa shape index (κ3) is 3.99. The van der Waals surface area contributed by atoms with Crippen molar-refractivity contribution < 1.29 is 8.42 Å². The number of pyridine rings is 2. The van der Waals surface area contributed by atoms with Gasteiger partial charge in [-0.1, -0.05) is 11.6 Å². The van der Waals surface area contributed by atoms with E-state index in [0.29, 0.717) is 13.0 Å². The first-order chi connectivity index (χ1) is 9.08. The van der Waals surface area contributed by atoms with E-state index in [1.54, 1.807) is 12.4 Å². The Hall–Kier alpha value is -1.50. The van der Waals surface area contributed by atoms with Crippen LogP contribution in [0.2, 0.25) is 5.15 Å². The first kappa shape index (κ1) is 13.9. The van der Waals surface area contributed by atoms with Gasteiger partial charge in [0, 0.05) is 25.1 Å². The smallest absolute Gasteiger partial charge is 0.240 e. The molecule has 0 bridgehead atoms. The van der Waals surface area contributed by atoms with Gasteiger partial charge in [0.05, 0.1) is 4.90 Å². The number of sulfonamides is 1. The summed E-state index contributed by atoms with van der Waals surface area (Å²) in [5.41, 5.74) is 1.02. The monoisotopic (exact) mass is 297 g/mol. The molecule has 0 aliphatic rings. The molecule has 7 heteroatoms. The van der Waals surface area contributed by atoms with E-state index in [4.69, 9.17) is 11.6 Å². The highest BCUT2D eigenvalue weighted by atomic mass is 35.5. The number of nitrogens with one attached hydrogen (secondary N) is 1. The largest absolute Gasteiger partial charge is 0.265 e. The molecule has 0 aromatic carbocycles. The minimum absolute atomic E-state index is 0.113. The van der Waals surface area contributed by atoms with Crippen LogP contribution in [0.1, 0.15) is 5.56 Å². The molecule has 0 radical (unpaired) electrons. The van der Waals surface area contributed by atoms with Crippen molar-refractivity contribution in [1.82, 2.24) is 14.7 Å². The van der Waals surface area contributed by atoms with Gasteiger partial charge in [-0.05, 0) is 36.2 Å². The lowest BCUT2D eigenvalue weighted by atomic mass is 10.2. The van der Waals surface area contributed by atoms with E-state index in [1.807, 2.05) is 12.1 Å². The maximum atomic E-state index is 12.0. The highest BCUT2D eigenvalue weighted by Gasteiger charge is 2.13. The van der Waals surface area contributed by atoms with Crippen molar-refractivity contribution in [2.24, 2.45) is 0 Å². The van der Waals surface area contributed by atoms with Gasteiger partial charge in [0.15, 0.2) is 0 Å². The van der Waals surface area contributed by atoms with Crippen molar-refractivity contribution in [3.63, 3.8) is 0 Å². The highest BCUT2D eigenvalue weighted by molar-refractivity contribution is 7.89. The summed E-state index contributed by atoms with van der Waals surface area (Å²) < 4.78 is 26.4. The van der Waals surface area contributed by atoms with Gasteiger partial charge in [0.2, 0.25) is 10.0 Å². The number of hydrogen-bond acceptors (Lipinski definition) is 4. The van der Waals surface area contributed by atoms with Gasteiger partial charge in [-0.25, -0.2) is 18.1 Å². The molecule has 2 aromatic heterocycles. The molecule has 100 valence electrons. The van der Waals surface area contributed by atoms with Crippen molar-refractivity contribution in [2.45, 2.75) is 11.3 Å². The molecule has 19 heavy (non-hydrogen) atoms. The average molecular weight is 298 g/mol. The van der Waals surface area contributed by atoms with Crippen molar-refractivity contribution in [3.05, 3.63) is 53.6 Å². The molecule has 0 atom stereocenters. The van der Waals surface area contributed by atoms with E-state index in [0.717, 1.165) is 5.56 Å². The molecule has 2 aromatic rings. The number of aromatic nitrogens is 2. The van der Waals surface area contributed by atoms with E-state index in [9.17, 15) is 8.42 Å². The minimum atomic E-state index is -3.54.